The van der Waals surface area contributed by atoms with E-state index in [4.69, 9.17) is 4.42 Å². The Balaban J connectivity index is 1.47. The number of nitrogens with zero attached hydrogens (tertiary/aromatic N) is 2. The Labute approximate surface area is 196 Å². The van der Waals surface area contributed by atoms with Gasteiger partial charge in [-0.2, -0.15) is 4.98 Å². The third kappa shape index (κ3) is 3.20. The molecule has 1 aliphatic carbocycles. The number of hydrogen-bond acceptors (Lipinski definition) is 4. The van der Waals surface area contributed by atoms with Crippen molar-refractivity contribution in [2.24, 2.45) is 5.92 Å². The van der Waals surface area contributed by atoms with Gasteiger partial charge >= 0.3 is 0 Å². The van der Waals surface area contributed by atoms with E-state index in [1.165, 1.54) is 0 Å². The molecule has 0 aliphatic heterocycles. The number of fused-ring (bicyclic) bond motifs is 3. The SMILES string of the molecule is CC(C)Cn1c(C=C2C(=O)c3cc4ccccc4cc3C2=O)nc2oc(-c3ccccc3)cc21. The van der Waals surface area contributed by atoms with E-state index >= 15 is 0 Å². The fraction of sp³-hybridized carbons (Fsp3) is 0.138. The summed E-state index contributed by atoms with van der Waals surface area (Å²) in [4.78, 5) is 31.1. The van der Waals surface area contributed by atoms with Crippen LogP contribution in [0.1, 0.15) is 40.4 Å². The van der Waals surface area contributed by atoms with E-state index in [0.29, 0.717) is 35.1 Å². The van der Waals surface area contributed by atoms with Crippen molar-refractivity contribution in [3.63, 3.8) is 0 Å². The predicted octanol–water partition coefficient (Wildman–Crippen LogP) is 6.57. The Morgan fingerprint density at radius 1 is 0.882 bits per heavy atom. The zero-order valence-electron chi connectivity index (χ0n) is 18.9. The fourth-order valence-corrected chi connectivity index (χ4v) is 4.61. The third-order valence-corrected chi connectivity index (χ3v) is 6.22. The van der Waals surface area contributed by atoms with Gasteiger partial charge in [-0.1, -0.05) is 68.4 Å². The van der Waals surface area contributed by atoms with Crippen LogP contribution in [0.25, 0.3) is 39.4 Å². The van der Waals surface area contributed by atoms with Gasteiger partial charge in [-0.15, -0.1) is 0 Å². The summed E-state index contributed by atoms with van der Waals surface area (Å²) in [5.41, 5.74) is 3.36. The molecule has 6 rings (SSSR count). The molecule has 0 fully saturated rings. The van der Waals surface area contributed by atoms with Gasteiger partial charge in [0.05, 0.1) is 5.57 Å². The van der Waals surface area contributed by atoms with Gasteiger partial charge in [-0.05, 0) is 34.9 Å². The first kappa shape index (κ1) is 20.4. The Morgan fingerprint density at radius 3 is 2.12 bits per heavy atom. The lowest BCUT2D eigenvalue weighted by Gasteiger charge is -2.09. The molecule has 2 heterocycles. The molecule has 0 saturated carbocycles. The molecule has 5 nitrogen and oxygen atoms in total. The molecule has 0 unspecified atom stereocenters. The summed E-state index contributed by atoms with van der Waals surface area (Å²) >= 11 is 0. The summed E-state index contributed by atoms with van der Waals surface area (Å²) in [7, 11) is 0. The molecule has 5 aromatic rings. The molecule has 0 N–H and O–H groups in total. The monoisotopic (exact) mass is 446 g/mol. The summed E-state index contributed by atoms with van der Waals surface area (Å²) in [5.74, 6) is 1.11. The Kier molecular flexibility index (Phi) is 4.59. The lowest BCUT2D eigenvalue weighted by atomic mass is 10.0. The van der Waals surface area contributed by atoms with E-state index in [1.54, 1.807) is 6.08 Å². The van der Waals surface area contributed by atoms with Crippen LogP contribution in [0.3, 0.4) is 0 Å². The molecule has 1 aliphatic rings. The van der Waals surface area contributed by atoms with Crippen LogP contribution in [0.15, 0.2) is 82.8 Å². The van der Waals surface area contributed by atoms with Gasteiger partial charge in [-0.3, -0.25) is 9.59 Å². The summed E-state index contributed by atoms with van der Waals surface area (Å²) in [6.45, 7) is 4.92. The lowest BCUT2D eigenvalue weighted by molar-refractivity contribution is 0.0990. The number of carbonyl (C=O) groups excluding carboxylic acids is 2. The van der Waals surface area contributed by atoms with Crippen LogP contribution in [0.4, 0.5) is 0 Å². The number of benzene rings is 3. The number of aromatic nitrogens is 2. The van der Waals surface area contributed by atoms with Crippen molar-refractivity contribution in [2.75, 3.05) is 0 Å². The average Bonchev–Trinajstić information content (AvgIpc) is 3.46. The van der Waals surface area contributed by atoms with E-state index in [0.717, 1.165) is 27.6 Å². The van der Waals surface area contributed by atoms with E-state index < -0.39 is 0 Å². The molecule has 0 amide bonds. The first-order chi connectivity index (χ1) is 16.5. The lowest BCUT2D eigenvalue weighted by Crippen LogP contribution is -2.08. The second-order valence-electron chi connectivity index (χ2n) is 9.10. The largest absolute Gasteiger partial charge is 0.436 e. The van der Waals surface area contributed by atoms with Crippen LogP contribution in [0.5, 0.6) is 0 Å². The highest BCUT2D eigenvalue weighted by atomic mass is 16.3. The van der Waals surface area contributed by atoms with Gasteiger partial charge in [0.2, 0.25) is 5.71 Å². The van der Waals surface area contributed by atoms with E-state index in [2.05, 4.69) is 18.8 Å². The first-order valence-electron chi connectivity index (χ1n) is 11.4. The van der Waals surface area contributed by atoms with Crippen LogP contribution in [-0.2, 0) is 6.54 Å². The molecule has 3 aromatic carbocycles. The summed E-state index contributed by atoms with van der Waals surface area (Å²) in [6, 6.07) is 23.2. The third-order valence-electron chi connectivity index (χ3n) is 6.22. The molecular formula is C29H22N2O3. The minimum atomic E-state index is -0.258. The van der Waals surface area contributed by atoms with Crippen LogP contribution in [0.2, 0.25) is 0 Å². The highest BCUT2D eigenvalue weighted by molar-refractivity contribution is 6.42. The zero-order chi connectivity index (χ0) is 23.4. The van der Waals surface area contributed by atoms with Crippen LogP contribution >= 0.6 is 0 Å². The van der Waals surface area contributed by atoms with Gasteiger partial charge in [0.15, 0.2) is 11.6 Å². The van der Waals surface area contributed by atoms with Crippen LogP contribution in [0, 0.1) is 5.92 Å². The van der Waals surface area contributed by atoms with Gasteiger partial charge in [-0.25, -0.2) is 0 Å². The Hall–Kier alpha value is -4.25. The standard InChI is InChI=1S/C29H22N2O3/c1-17(2)16-31-24-15-25(18-8-4-3-5-9-18)34-29(24)30-26(31)14-23-27(32)21-12-19-10-6-7-11-20(19)13-22(21)28(23)33/h3-15,17H,16H2,1-2H3. The maximum absolute atomic E-state index is 13.2. The van der Waals surface area contributed by atoms with E-state index in [9.17, 15) is 9.59 Å². The maximum atomic E-state index is 13.2. The second kappa shape index (κ2) is 7.66. The van der Waals surface area contributed by atoms with Crippen LogP contribution in [-0.4, -0.2) is 21.1 Å². The number of carbonyl (C=O) groups is 2. The van der Waals surface area contributed by atoms with E-state index in [-0.39, 0.29) is 17.1 Å². The van der Waals surface area contributed by atoms with Gasteiger partial charge in [0.1, 0.15) is 17.1 Å². The smallest absolute Gasteiger partial charge is 0.245 e. The van der Waals surface area contributed by atoms with Crippen molar-refractivity contribution in [3.05, 3.63) is 95.3 Å². The quantitative estimate of drug-likeness (QED) is 0.231. The van der Waals surface area contributed by atoms with Gasteiger partial charge in [0, 0.05) is 29.3 Å². The highest BCUT2D eigenvalue weighted by Crippen LogP contribution is 2.33. The zero-order valence-corrected chi connectivity index (χ0v) is 18.9. The number of rotatable bonds is 4. The Bertz CT molecular complexity index is 1580. The van der Waals surface area contributed by atoms with Gasteiger partial charge < -0.3 is 8.98 Å². The molecule has 0 radical (unpaired) electrons. The number of Topliss-reactive ketones (excluding diaryl/α,β-unsaturated/α-hetero) is 2. The minimum absolute atomic E-state index is 0.145. The molecule has 0 bridgehead atoms. The fourth-order valence-electron chi connectivity index (χ4n) is 4.61. The number of furan rings is 1. The number of allylic oxidation sites excluding steroid dienone is 1. The molecule has 0 saturated heterocycles. The normalized spacial score (nSPS) is 13.4. The summed E-state index contributed by atoms with van der Waals surface area (Å²) in [6.07, 6.45) is 1.62. The first-order valence-corrected chi connectivity index (χ1v) is 11.4. The molecule has 0 spiro atoms. The maximum Gasteiger partial charge on any atom is 0.245 e. The van der Waals surface area contributed by atoms with Crippen molar-refractivity contribution < 1.29 is 14.0 Å². The van der Waals surface area contributed by atoms with Crippen molar-refractivity contribution in [2.45, 2.75) is 20.4 Å². The highest BCUT2D eigenvalue weighted by Gasteiger charge is 2.34. The summed E-state index contributed by atoms with van der Waals surface area (Å²) in [5, 5.41) is 1.88. The second-order valence-corrected chi connectivity index (χ2v) is 9.10. The molecule has 34 heavy (non-hydrogen) atoms. The van der Waals surface area contributed by atoms with Crippen molar-refractivity contribution >= 4 is 39.6 Å². The van der Waals surface area contributed by atoms with Crippen molar-refractivity contribution in [1.82, 2.24) is 9.55 Å². The van der Waals surface area contributed by atoms with Crippen LogP contribution < -0.4 is 0 Å². The molecular weight excluding hydrogens is 424 g/mol. The number of imidazole rings is 1. The molecule has 0 atom stereocenters. The average molecular weight is 447 g/mol. The summed E-state index contributed by atoms with van der Waals surface area (Å²) < 4.78 is 8.09. The van der Waals surface area contributed by atoms with E-state index in [1.807, 2.05) is 77.4 Å². The molecule has 5 heteroatoms. The minimum Gasteiger partial charge on any atom is -0.436 e. The number of ketones is 2. The predicted molar refractivity (Wildman–Crippen MR) is 133 cm³/mol. The molecule has 166 valence electrons. The van der Waals surface area contributed by atoms with Crippen molar-refractivity contribution in [1.29, 1.82) is 0 Å². The number of hydrogen-bond donors (Lipinski definition) is 0. The molecule has 2 aromatic heterocycles. The topological polar surface area (TPSA) is 65.1 Å². The Morgan fingerprint density at radius 2 is 1.50 bits per heavy atom. The van der Waals surface area contributed by atoms with Crippen molar-refractivity contribution in [3.8, 4) is 11.3 Å². The van der Waals surface area contributed by atoms with Gasteiger partial charge in [0.25, 0.3) is 0 Å².